The van der Waals surface area contributed by atoms with Crippen molar-refractivity contribution in [3.8, 4) is 0 Å². The summed E-state index contributed by atoms with van der Waals surface area (Å²) in [7, 11) is 1.89. The monoisotopic (exact) mass is 322 g/mol. The van der Waals surface area contributed by atoms with E-state index in [-0.39, 0.29) is 11.4 Å². The van der Waals surface area contributed by atoms with Gasteiger partial charge in [0, 0.05) is 33.1 Å². The number of nitrogens with zero attached hydrogens (tertiary/aromatic N) is 4. The number of morpholine rings is 1. The summed E-state index contributed by atoms with van der Waals surface area (Å²) in [6.07, 6.45) is 7.34. The van der Waals surface area contributed by atoms with Crippen molar-refractivity contribution in [2.75, 3.05) is 39.9 Å². The lowest BCUT2D eigenvalue weighted by Crippen LogP contribution is -2.62. The largest absolute Gasteiger partial charge is 0.379 e. The second kappa shape index (κ2) is 7.40. The van der Waals surface area contributed by atoms with Crippen LogP contribution in [0.1, 0.15) is 37.9 Å². The number of aromatic nitrogens is 2. The maximum Gasteiger partial charge on any atom is 0.242 e. The van der Waals surface area contributed by atoms with Crippen LogP contribution in [0, 0.1) is 0 Å². The first-order valence-electron chi connectivity index (χ1n) is 8.56. The SMILES string of the molecule is CN(CCc1ncon1)C(=O)C1(N2CCOCC2)CCCCC1. The molecule has 0 aromatic carbocycles. The van der Waals surface area contributed by atoms with Crippen LogP contribution in [-0.4, -0.2) is 71.3 Å². The molecule has 1 saturated carbocycles. The van der Waals surface area contributed by atoms with E-state index in [1.807, 2.05) is 11.9 Å². The van der Waals surface area contributed by atoms with Gasteiger partial charge in [0.25, 0.3) is 0 Å². The van der Waals surface area contributed by atoms with Crippen LogP contribution in [0.4, 0.5) is 0 Å². The summed E-state index contributed by atoms with van der Waals surface area (Å²) in [5, 5.41) is 3.82. The van der Waals surface area contributed by atoms with E-state index in [1.165, 1.54) is 12.8 Å². The van der Waals surface area contributed by atoms with E-state index < -0.39 is 0 Å². The van der Waals surface area contributed by atoms with Crippen molar-refractivity contribution < 1.29 is 14.1 Å². The average molecular weight is 322 g/mol. The molecule has 1 amide bonds. The quantitative estimate of drug-likeness (QED) is 0.808. The van der Waals surface area contributed by atoms with E-state index in [0.29, 0.717) is 18.8 Å². The summed E-state index contributed by atoms with van der Waals surface area (Å²) >= 11 is 0. The first kappa shape index (κ1) is 16.4. The number of hydrogen-bond donors (Lipinski definition) is 0. The Bertz CT molecular complexity index is 493. The summed E-state index contributed by atoms with van der Waals surface area (Å²) in [4.78, 5) is 21.5. The molecule has 23 heavy (non-hydrogen) atoms. The lowest BCUT2D eigenvalue weighted by atomic mass is 9.78. The van der Waals surface area contributed by atoms with Gasteiger partial charge in [0.2, 0.25) is 12.3 Å². The zero-order valence-electron chi connectivity index (χ0n) is 13.9. The minimum Gasteiger partial charge on any atom is -0.379 e. The molecule has 0 N–H and O–H groups in total. The molecule has 7 nitrogen and oxygen atoms in total. The Labute approximate surface area is 137 Å². The fraction of sp³-hybridized carbons (Fsp3) is 0.812. The highest BCUT2D eigenvalue weighted by Gasteiger charge is 2.46. The number of ether oxygens (including phenoxy) is 1. The van der Waals surface area contributed by atoms with E-state index in [2.05, 4.69) is 15.0 Å². The van der Waals surface area contributed by atoms with E-state index in [9.17, 15) is 4.79 Å². The number of carbonyl (C=O) groups is 1. The second-order valence-electron chi connectivity index (χ2n) is 6.52. The molecule has 0 unspecified atom stereocenters. The maximum absolute atomic E-state index is 13.3. The molecule has 0 bridgehead atoms. The Morgan fingerprint density at radius 2 is 2.04 bits per heavy atom. The third-order valence-electron chi connectivity index (χ3n) is 5.12. The summed E-state index contributed by atoms with van der Waals surface area (Å²) in [5.74, 6) is 0.885. The van der Waals surface area contributed by atoms with Gasteiger partial charge in [0.15, 0.2) is 5.82 Å². The van der Waals surface area contributed by atoms with E-state index in [0.717, 1.165) is 52.0 Å². The van der Waals surface area contributed by atoms with Gasteiger partial charge < -0.3 is 14.2 Å². The lowest BCUT2D eigenvalue weighted by Gasteiger charge is -2.48. The average Bonchev–Trinajstić information content (AvgIpc) is 3.14. The number of hydrogen-bond acceptors (Lipinski definition) is 6. The predicted molar refractivity (Wildman–Crippen MR) is 83.8 cm³/mol. The highest BCUT2D eigenvalue weighted by Crippen LogP contribution is 2.35. The fourth-order valence-corrected chi connectivity index (χ4v) is 3.82. The second-order valence-corrected chi connectivity index (χ2v) is 6.52. The number of rotatable bonds is 5. The van der Waals surface area contributed by atoms with Crippen molar-refractivity contribution in [3.05, 3.63) is 12.2 Å². The van der Waals surface area contributed by atoms with Crippen LogP contribution < -0.4 is 0 Å². The predicted octanol–water partition coefficient (Wildman–Crippen LogP) is 1.11. The first-order valence-corrected chi connectivity index (χ1v) is 8.56. The van der Waals surface area contributed by atoms with Gasteiger partial charge >= 0.3 is 0 Å². The van der Waals surface area contributed by atoms with Gasteiger partial charge in [-0.15, -0.1) is 0 Å². The van der Waals surface area contributed by atoms with Gasteiger partial charge in [-0.3, -0.25) is 9.69 Å². The molecule has 2 heterocycles. The maximum atomic E-state index is 13.3. The van der Waals surface area contributed by atoms with Crippen molar-refractivity contribution in [3.63, 3.8) is 0 Å². The molecule has 128 valence electrons. The summed E-state index contributed by atoms with van der Waals surface area (Å²) in [6, 6.07) is 0. The third kappa shape index (κ3) is 3.55. The molecule has 7 heteroatoms. The molecular weight excluding hydrogens is 296 g/mol. The van der Waals surface area contributed by atoms with Crippen LogP contribution in [0.15, 0.2) is 10.9 Å². The highest BCUT2D eigenvalue weighted by atomic mass is 16.5. The van der Waals surface area contributed by atoms with Gasteiger partial charge in [-0.05, 0) is 12.8 Å². The van der Waals surface area contributed by atoms with Crippen LogP contribution in [0.25, 0.3) is 0 Å². The smallest absolute Gasteiger partial charge is 0.242 e. The van der Waals surface area contributed by atoms with E-state index in [1.54, 1.807) is 0 Å². The third-order valence-corrected chi connectivity index (χ3v) is 5.12. The number of carbonyl (C=O) groups excluding carboxylic acids is 1. The Hall–Kier alpha value is -1.47. The van der Waals surface area contributed by atoms with Crippen molar-refractivity contribution >= 4 is 5.91 Å². The topological polar surface area (TPSA) is 71.7 Å². The molecule has 1 aromatic rings. The van der Waals surface area contributed by atoms with Crippen molar-refractivity contribution in [1.82, 2.24) is 19.9 Å². The Morgan fingerprint density at radius 3 is 2.70 bits per heavy atom. The van der Waals surface area contributed by atoms with Gasteiger partial charge in [0.05, 0.1) is 13.2 Å². The number of amides is 1. The molecule has 0 radical (unpaired) electrons. The van der Waals surface area contributed by atoms with Crippen molar-refractivity contribution in [2.45, 2.75) is 44.1 Å². The summed E-state index contributed by atoms with van der Waals surface area (Å²) in [6.45, 7) is 3.77. The van der Waals surface area contributed by atoms with Crippen molar-refractivity contribution in [2.24, 2.45) is 0 Å². The van der Waals surface area contributed by atoms with Gasteiger partial charge in [-0.2, -0.15) is 4.98 Å². The van der Waals surface area contributed by atoms with Crippen LogP contribution in [0.2, 0.25) is 0 Å². The Kier molecular flexibility index (Phi) is 5.27. The molecule has 0 atom stereocenters. The lowest BCUT2D eigenvalue weighted by molar-refractivity contribution is -0.149. The van der Waals surface area contributed by atoms with Crippen molar-refractivity contribution in [1.29, 1.82) is 0 Å². The zero-order valence-corrected chi connectivity index (χ0v) is 13.9. The highest BCUT2D eigenvalue weighted by molar-refractivity contribution is 5.86. The molecule has 1 aromatic heterocycles. The fourth-order valence-electron chi connectivity index (χ4n) is 3.82. The molecule has 1 saturated heterocycles. The molecular formula is C16H26N4O3. The van der Waals surface area contributed by atoms with Gasteiger partial charge in [-0.1, -0.05) is 24.4 Å². The van der Waals surface area contributed by atoms with Crippen LogP contribution in [0.3, 0.4) is 0 Å². The van der Waals surface area contributed by atoms with E-state index >= 15 is 0 Å². The molecule has 1 aliphatic heterocycles. The molecule has 2 fully saturated rings. The standard InChI is InChI=1S/C16H26N4O3/c1-19(8-5-14-17-13-23-18-14)15(21)16(6-3-2-4-7-16)20-9-11-22-12-10-20/h13H,2-12H2,1H3. The molecule has 0 spiro atoms. The van der Waals surface area contributed by atoms with E-state index in [4.69, 9.17) is 9.26 Å². The minimum atomic E-state index is -0.339. The van der Waals surface area contributed by atoms with Crippen LogP contribution in [0.5, 0.6) is 0 Å². The zero-order chi connectivity index (χ0) is 16.1. The molecule has 1 aliphatic carbocycles. The molecule has 2 aliphatic rings. The normalized spacial score (nSPS) is 22.0. The molecule has 3 rings (SSSR count). The van der Waals surface area contributed by atoms with Crippen LogP contribution >= 0.6 is 0 Å². The minimum absolute atomic E-state index is 0.239. The Balaban J connectivity index is 1.68. The Morgan fingerprint density at radius 1 is 1.30 bits per heavy atom. The summed E-state index contributed by atoms with van der Waals surface area (Å²) < 4.78 is 10.2. The number of likely N-dealkylation sites (N-methyl/N-ethyl adjacent to an activating group) is 1. The first-order chi connectivity index (χ1) is 11.2. The summed E-state index contributed by atoms with van der Waals surface area (Å²) in [5.41, 5.74) is -0.339. The van der Waals surface area contributed by atoms with Crippen LogP contribution in [-0.2, 0) is 16.0 Å². The van der Waals surface area contributed by atoms with Gasteiger partial charge in [0.1, 0.15) is 5.54 Å². The van der Waals surface area contributed by atoms with Gasteiger partial charge in [-0.25, -0.2) is 0 Å².